The molecule has 1 atom stereocenters. The van der Waals surface area contributed by atoms with Gasteiger partial charge < -0.3 is 5.11 Å². The van der Waals surface area contributed by atoms with Gasteiger partial charge in [-0.3, -0.25) is 0 Å². The van der Waals surface area contributed by atoms with E-state index in [-0.39, 0.29) is 5.41 Å². The van der Waals surface area contributed by atoms with Crippen molar-refractivity contribution in [2.24, 2.45) is 0 Å². The van der Waals surface area contributed by atoms with Gasteiger partial charge >= 0.3 is 0 Å². The number of aliphatic hydroxyl groups is 1. The van der Waals surface area contributed by atoms with E-state index < -0.39 is 6.10 Å². The Morgan fingerprint density at radius 2 is 1.61 bits per heavy atom. The minimum absolute atomic E-state index is 0.127. The summed E-state index contributed by atoms with van der Waals surface area (Å²) >= 11 is 0. The third-order valence-electron chi connectivity index (χ3n) is 3.02. The zero-order chi connectivity index (χ0) is 13.2. The molecule has 0 fully saturated rings. The van der Waals surface area contributed by atoms with Crippen LogP contribution < -0.4 is 0 Å². The van der Waals surface area contributed by atoms with E-state index in [2.05, 4.69) is 43.1 Å². The number of aliphatic hydroxyl groups excluding tert-OH is 1. The van der Waals surface area contributed by atoms with Crippen LogP contribution in [0, 0.1) is 0 Å². The number of nitrogens with zero attached hydrogens (tertiary/aromatic N) is 2. The highest BCUT2D eigenvalue weighted by Gasteiger charge is 2.15. The minimum Gasteiger partial charge on any atom is -0.384 e. The molecule has 94 valence electrons. The standard InChI is InChI=1S/C15H18N2O/c1-15(2,3)13-6-4-11(5-7-13)14(18)12-8-9-16-17-10-12/h4-10,14,18H,1-3H3. The Morgan fingerprint density at radius 1 is 0.944 bits per heavy atom. The van der Waals surface area contributed by atoms with Crippen LogP contribution in [0.2, 0.25) is 0 Å². The lowest BCUT2D eigenvalue weighted by atomic mass is 9.86. The summed E-state index contributed by atoms with van der Waals surface area (Å²) in [5, 5.41) is 17.7. The SMILES string of the molecule is CC(C)(C)c1ccc(C(O)c2ccnnc2)cc1. The molecule has 0 aliphatic carbocycles. The Bertz CT molecular complexity index is 500. The summed E-state index contributed by atoms with van der Waals surface area (Å²) in [6.45, 7) is 6.52. The second-order valence-corrected chi connectivity index (χ2v) is 5.45. The molecule has 3 nitrogen and oxygen atoms in total. The predicted molar refractivity (Wildman–Crippen MR) is 71.2 cm³/mol. The summed E-state index contributed by atoms with van der Waals surface area (Å²) in [4.78, 5) is 0. The first-order valence-corrected chi connectivity index (χ1v) is 6.03. The zero-order valence-corrected chi connectivity index (χ0v) is 11.0. The molecule has 0 bridgehead atoms. The van der Waals surface area contributed by atoms with Crippen LogP contribution in [0.5, 0.6) is 0 Å². The van der Waals surface area contributed by atoms with Gasteiger partial charge in [-0.1, -0.05) is 45.0 Å². The molecule has 3 heteroatoms. The van der Waals surface area contributed by atoms with Crippen molar-refractivity contribution in [1.82, 2.24) is 10.2 Å². The molecule has 0 amide bonds. The van der Waals surface area contributed by atoms with Gasteiger partial charge in [-0.2, -0.15) is 10.2 Å². The monoisotopic (exact) mass is 242 g/mol. The third-order valence-corrected chi connectivity index (χ3v) is 3.02. The number of aromatic nitrogens is 2. The van der Waals surface area contributed by atoms with Crippen molar-refractivity contribution in [2.45, 2.75) is 32.3 Å². The largest absolute Gasteiger partial charge is 0.384 e. The normalized spacial score (nSPS) is 13.3. The zero-order valence-electron chi connectivity index (χ0n) is 11.0. The summed E-state index contributed by atoms with van der Waals surface area (Å²) in [6.07, 6.45) is 2.53. The van der Waals surface area contributed by atoms with Crippen molar-refractivity contribution in [3.63, 3.8) is 0 Å². The second-order valence-electron chi connectivity index (χ2n) is 5.45. The summed E-state index contributed by atoms with van der Waals surface area (Å²) in [5.74, 6) is 0. The molecule has 1 heterocycles. The molecule has 0 spiro atoms. The van der Waals surface area contributed by atoms with Crippen molar-refractivity contribution >= 4 is 0 Å². The Kier molecular flexibility index (Phi) is 3.43. The van der Waals surface area contributed by atoms with Crippen LogP contribution in [0.4, 0.5) is 0 Å². The van der Waals surface area contributed by atoms with Crippen LogP contribution >= 0.6 is 0 Å². The first-order chi connectivity index (χ1) is 8.48. The topological polar surface area (TPSA) is 46.0 Å². The lowest BCUT2D eigenvalue weighted by Crippen LogP contribution is -2.11. The minimum atomic E-state index is -0.644. The summed E-state index contributed by atoms with van der Waals surface area (Å²) < 4.78 is 0. The number of rotatable bonds is 2. The fourth-order valence-corrected chi connectivity index (χ4v) is 1.82. The van der Waals surface area contributed by atoms with Crippen LogP contribution in [0.15, 0.2) is 42.7 Å². The maximum Gasteiger partial charge on any atom is 0.106 e. The molecule has 18 heavy (non-hydrogen) atoms. The maximum absolute atomic E-state index is 10.2. The molecule has 1 aromatic heterocycles. The predicted octanol–water partition coefficient (Wildman–Crippen LogP) is 2.86. The molecule has 1 unspecified atom stereocenters. The highest BCUT2D eigenvalue weighted by Crippen LogP contribution is 2.26. The lowest BCUT2D eigenvalue weighted by molar-refractivity contribution is 0.219. The molecule has 2 aromatic rings. The molecule has 0 saturated heterocycles. The number of hydrogen-bond acceptors (Lipinski definition) is 3. The molecular weight excluding hydrogens is 224 g/mol. The second kappa shape index (κ2) is 4.86. The van der Waals surface area contributed by atoms with Crippen molar-refractivity contribution in [2.75, 3.05) is 0 Å². The van der Waals surface area contributed by atoms with Gasteiger partial charge in [0.15, 0.2) is 0 Å². The molecule has 0 radical (unpaired) electrons. The van der Waals surface area contributed by atoms with Crippen LogP contribution in [0.25, 0.3) is 0 Å². The highest BCUT2D eigenvalue weighted by molar-refractivity contribution is 5.32. The molecule has 2 rings (SSSR count). The van der Waals surface area contributed by atoms with Crippen molar-refractivity contribution in [3.05, 3.63) is 59.4 Å². The number of benzene rings is 1. The maximum atomic E-state index is 10.2. The molecule has 0 saturated carbocycles. The van der Waals surface area contributed by atoms with Crippen molar-refractivity contribution in [3.8, 4) is 0 Å². The lowest BCUT2D eigenvalue weighted by Gasteiger charge is -2.20. The highest BCUT2D eigenvalue weighted by atomic mass is 16.3. The molecule has 1 aromatic carbocycles. The summed E-state index contributed by atoms with van der Waals surface area (Å²) in [6, 6.07) is 9.83. The van der Waals surface area contributed by atoms with E-state index in [0.29, 0.717) is 0 Å². The van der Waals surface area contributed by atoms with E-state index >= 15 is 0 Å². The quantitative estimate of drug-likeness (QED) is 0.880. The first-order valence-electron chi connectivity index (χ1n) is 6.03. The smallest absolute Gasteiger partial charge is 0.106 e. The van der Waals surface area contributed by atoms with Crippen LogP contribution in [-0.4, -0.2) is 15.3 Å². The first kappa shape index (κ1) is 12.7. The van der Waals surface area contributed by atoms with E-state index in [0.717, 1.165) is 11.1 Å². The fourth-order valence-electron chi connectivity index (χ4n) is 1.82. The number of hydrogen-bond donors (Lipinski definition) is 1. The van der Waals surface area contributed by atoms with Crippen molar-refractivity contribution < 1.29 is 5.11 Å². The molecule has 0 aliphatic heterocycles. The van der Waals surface area contributed by atoms with Gasteiger partial charge in [-0.05, 0) is 22.6 Å². The van der Waals surface area contributed by atoms with Gasteiger partial charge in [0.1, 0.15) is 6.10 Å². The van der Waals surface area contributed by atoms with Gasteiger partial charge in [-0.15, -0.1) is 0 Å². The third kappa shape index (κ3) is 2.74. The van der Waals surface area contributed by atoms with Gasteiger partial charge in [0.25, 0.3) is 0 Å². The van der Waals surface area contributed by atoms with Gasteiger partial charge in [0.05, 0.1) is 6.20 Å². The Labute approximate surface area is 108 Å². The van der Waals surface area contributed by atoms with E-state index in [1.54, 1.807) is 18.5 Å². The van der Waals surface area contributed by atoms with Gasteiger partial charge in [0, 0.05) is 11.8 Å². The summed E-state index contributed by atoms with van der Waals surface area (Å²) in [5.41, 5.74) is 3.01. The Hall–Kier alpha value is -1.74. The Morgan fingerprint density at radius 3 is 2.11 bits per heavy atom. The Balaban J connectivity index is 2.25. The van der Waals surface area contributed by atoms with Crippen LogP contribution in [-0.2, 0) is 5.41 Å². The molecule has 0 aliphatic rings. The van der Waals surface area contributed by atoms with E-state index in [1.807, 2.05) is 12.1 Å². The van der Waals surface area contributed by atoms with Gasteiger partial charge in [0.2, 0.25) is 0 Å². The van der Waals surface area contributed by atoms with Crippen molar-refractivity contribution in [1.29, 1.82) is 0 Å². The van der Waals surface area contributed by atoms with Gasteiger partial charge in [-0.25, -0.2) is 0 Å². The average molecular weight is 242 g/mol. The molecule has 1 N–H and O–H groups in total. The van der Waals surface area contributed by atoms with E-state index in [1.165, 1.54) is 5.56 Å². The fraction of sp³-hybridized carbons (Fsp3) is 0.333. The average Bonchev–Trinajstić information content (AvgIpc) is 2.38. The van der Waals surface area contributed by atoms with E-state index in [9.17, 15) is 5.11 Å². The summed E-state index contributed by atoms with van der Waals surface area (Å²) in [7, 11) is 0. The molecular formula is C15H18N2O. The van der Waals surface area contributed by atoms with E-state index in [4.69, 9.17) is 0 Å². The van der Waals surface area contributed by atoms with Crippen LogP contribution in [0.3, 0.4) is 0 Å². The van der Waals surface area contributed by atoms with Crippen LogP contribution in [0.1, 0.15) is 43.6 Å².